The molecule has 0 spiro atoms. The summed E-state index contributed by atoms with van der Waals surface area (Å²) in [6, 6.07) is 2.33. The van der Waals surface area contributed by atoms with Gasteiger partial charge in [0, 0.05) is 23.3 Å². The van der Waals surface area contributed by atoms with Crippen LogP contribution < -0.4 is 0 Å². The summed E-state index contributed by atoms with van der Waals surface area (Å²) in [6.45, 7) is 10.7. The summed E-state index contributed by atoms with van der Waals surface area (Å²) in [5.74, 6) is -1.72. The number of pyridine rings is 1. The number of allylic oxidation sites excluding steroid dienone is 1. The van der Waals surface area contributed by atoms with E-state index in [9.17, 15) is 4.39 Å². The van der Waals surface area contributed by atoms with Crippen molar-refractivity contribution in [3.05, 3.63) is 42.6 Å². The molecule has 0 aliphatic heterocycles. The van der Waals surface area contributed by atoms with Gasteiger partial charge in [-0.05, 0) is 51.5 Å². The molecule has 0 aromatic carbocycles. The van der Waals surface area contributed by atoms with Crippen LogP contribution in [0.2, 0.25) is 0 Å². The van der Waals surface area contributed by atoms with E-state index in [2.05, 4.69) is 23.1 Å². The van der Waals surface area contributed by atoms with Crippen molar-refractivity contribution in [3.8, 4) is 0 Å². The highest BCUT2D eigenvalue weighted by Crippen LogP contribution is 2.45. The molecule has 132 valence electrons. The van der Waals surface area contributed by atoms with Crippen molar-refractivity contribution in [2.24, 2.45) is 5.41 Å². The number of rotatable bonds is 2. The number of aryl methyl sites for hydroxylation is 1. The molecular weight excluding hydrogens is 307 g/mol. The van der Waals surface area contributed by atoms with Gasteiger partial charge in [0.05, 0.1) is 11.7 Å². The quantitative estimate of drug-likeness (QED) is 0.642. The van der Waals surface area contributed by atoms with Gasteiger partial charge in [-0.25, -0.2) is 4.39 Å². The minimum atomic E-state index is -1.50. The van der Waals surface area contributed by atoms with E-state index in [0.717, 1.165) is 30.3 Å². The van der Waals surface area contributed by atoms with Crippen molar-refractivity contribution in [2.75, 3.05) is 0 Å². The molecular formula is C19H27FN2O2. The highest BCUT2D eigenvalue weighted by molar-refractivity contribution is 5.82. The van der Waals surface area contributed by atoms with Crippen LogP contribution in [0.3, 0.4) is 0 Å². The average molecular weight is 334 g/mol. The van der Waals surface area contributed by atoms with Crippen LogP contribution in [0, 0.1) is 18.2 Å². The lowest BCUT2D eigenvalue weighted by atomic mass is 9.89. The van der Waals surface area contributed by atoms with Crippen molar-refractivity contribution in [1.29, 1.82) is 0 Å². The molecule has 0 saturated heterocycles. The van der Waals surface area contributed by atoms with Crippen LogP contribution >= 0.6 is 0 Å². The summed E-state index contributed by atoms with van der Waals surface area (Å²) in [7, 11) is 0. The van der Waals surface area contributed by atoms with Crippen LogP contribution in [0.4, 0.5) is 4.39 Å². The van der Waals surface area contributed by atoms with Gasteiger partial charge in [0.15, 0.2) is 11.6 Å². The van der Waals surface area contributed by atoms with E-state index in [1.807, 2.05) is 25.3 Å². The third kappa shape index (κ3) is 4.22. The molecule has 2 N–H and O–H groups in total. The van der Waals surface area contributed by atoms with Gasteiger partial charge in [0.25, 0.3) is 0 Å². The Balaban J connectivity index is 0.000000368. The molecule has 0 bridgehead atoms. The molecule has 2 aromatic rings. The molecule has 2 atom stereocenters. The second-order valence-corrected chi connectivity index (χ2v) is 7.43. The van der Waals surface area contributed by atoms with Crippen LogP contribution in [-0.4, -0.2) is 25.6 Å². The predicted molar refractivity (Wildman–Crippen MR) is 94.1 cm³/mol. The van der Waals surface area contributed by atoms with Crippen molar-refractivity contribution in [2.45, 2.75) is 58.8 Å². The summed E-state index contributed by atoms with van der Waals surface area (Å²) in [5, 5.41) is 17.1. The van der Waals surface area contributed by atoms with Gasteiger partial charge >= 0.3 is 0 Å². The topological polar surface area (TPSA) is 58.3 Å². The van der Waals surface area contributed by atoms with Crippen molar-refractivity contribution >= 4 is 10.9 Å². The molecule has 5 heteroatoms. The van der Waals surface area contributed by atoms with E-state index in [-0.39, 0.29) is 11.2 Å². The highest BCUT2D eigenvalue weighted by Gasteiger charge is 2.34. The zero-order valence-corrected chi connectivity index (χ0v) is 14.9. The fourth-order valence-electron chi connectivity index (χ4n) is 3.24. The first kappa shape index (κ1) is 18.6. The van der Waals surface area contributed by atoms with Crippen LogP contribution in [0.5, 0.6) is 0 Å². The smallest absolute Gasteiger partial charge is 0.165 e. The second kappa shape index (κ2) is 6.65. The summed E-state index contributed by atoms with van der Waals surface area (Å²) in [5.41, 5.74) is 1.77. The highest BCUT2D eigenvalue weighted by atomic mass is 19.1. The molecule has 1 unspecified atom stereocenters. The largest absolute Gasteiger partial charge is 0.366 e. The van der Waals surface area contributed by atoms with Gasteiger partial charge in [-0.15, -0.1) is 6.58 Å². The average Bonchev–Trinajstić information content (AvgIpc) is 3.06. The third-order valence-electron chi connectivity index (χ3n) is 4.54. The number of aliphatic hydroxyl groups is 2. The molecule has 1 aliphatic rings. The zero-order valence-electron chi connectivity index (χ0n) is 14.9. The van der Waals surface area contributed by atoms with Crippen LogP contribution in [0.25, 0.3) is 10.9 Å². The van der Waals surface area contributed by atoms with Gasteiger partial charge in [-0.3, -0.25) is 4.98 Å². The van der Waals surface area contributed by atoms with E-state index < -0.39 is 5.79 Å². The molecule has 24 heavy (non-hydrogen) atoms. The SMILES string of the molecule is C=C[C@]1(C)CCC(n2ccc3c(C)ncc(F)c32)C1.CC(C)(O)O. The Kier molecular flexibility index (Phi) is 5.16. The monoisotopic (exact) mass is 334 g/mol. The molecule has 0 radical (unpaired) electrons. The third-order valence-corrected chi connectivity index (χ3v) is 4.54. The Morgan fingerprint density at radius 1 is 1.46 bits per heavy atom. The summed E-state index contributed by atoms with van der Waals surface area (Å²) >= 11 is 0. The molecule has 1 fully saturated rings. The Morgan fingerprint density at radius 2 is 2.08 bits per heavy atom. The van der Waals surface area contributed by atoms with Gasteiger partial charge < -0.3 is 14.8 Å². The Labute approximate surface area is 142 Å². The Bertz CT molecular complexity index is 727. The molecule has 0 amide bonds. The van der Waals surface area contributed by atoms with Crippen LogP contribution in [-0.2, 0) is 0 Å². The van der Waals surface area contributed by atoms with E-state index >= 15 is 0 Å². The molecule has 2 heterocycles. The fraction of sp³-hybridized carbons (Fsp3) is 0.526. The number of nitrogens with zero attached hydrogens (tertiary/aromatic N) is 2. The lowest BCUT2D eigenvalue weighted by Gasteiger charge is -2.20. The van der Waals surface area contributed by atoms with Crippen molar-refractivity contribution < 1.29 is 14.6 Å². The number of halogens is 1. The summed E-state index contributed by atoms with van der Waals surface area (Å²) in [6.07, 6.45) is 8.60. The van der Waals surface area contributed by atoms with Gasteiger partial charge in [-0.2, -0.15) is 0 Å². The van der Waals surface area contributed by atoms with Crippen LogP contribution in [0.15, 0.2) is 31.1 Å². The number of hydrogen-bond acceptors (Lipinski definition) is 3. The minimum absolute atomic E-state index is 0.180. The standard InChI is InChI=1S/C16H19FN2.C3H8O2/c1-4-16(3)7-5-12(9-16)19-8-6-13-11(2)18-10-14(17)15(13)19;1-3(2,4)5/h4,6,8,10,12H,1,5,7,9H2,2-3H3;4-5H,1-2H3/t12?,16-;/m1./s1. The Hall–Kier alpha value is -1.72. The number of fused-ring (bicyclic) bond motifs is 1. The van der Waals surface area contributed by atoms with E-state index in [1.165, 1.54) is 20.0 Å². The molecule has 3 rings (SSSR count). The fourth-order valence-corrected chi connectivity index (χ4v) is 3.24. The minimum Gasteiger partial charge on any atom is -0.366 e. The second-order valence-electron chi connectivity index (χ2n) is 7.43. The van der Waals surface area contributed by atoms with E-state index in [0.29, 0.717) is 11.6 Å². The van der Waals surface area contributed by atoms with Crippen molar-refractivity contribution in [3.63, 3.8) is 0 Å². The van der Waals surface area contributed by atoms with Gasteiger partial charge in [0.1, 0.15) is 0 Å². The molecule has 2 aromatic heterocycles. The van der Waals surface area contributed by atoms with Gasteiger partial charge in [-0.1, -0.05) is 13.0 Å². The summed E-state index contributed by atoms with van der Waals surface area (Å²) in [4.78, 5) is 4.09. The number of hydrogen-bond donors (Lipinski definition) is 2. The lowest BCUT2D eigenvalue weighted by molar-refractivity contribution is -0.127. The zero-order chi connectivity index (χ0) is 18.1. The molecule has 1 saturated carbocycles. The van der Waals surface area contributed by atoms with E-state index in [1.54, 1.807) is 0 Å². The van der Waals surface area contributed by atoms with Crippen molar-refractivity contribution in [1.82, 2.24) is 9.55 Å². The molecule has 4 nitrogen and oxygen atoms in total. The predicted octanol–water partition coefficient (Wildman–Crippen LogP) is 4.11. The summed E-state index contributed by atoms with van der Waals surface area (Å²) < 4.78 is 16.2. The lowest BCUT2D eigenvalue weighted by Crippen LogP contribution is -2.15. The van der Waals surface area contributed by atoms with Crippen LogP contribution in [0.1, 0.15) is 51.8 Å². The first-order valence-corrected chi connectivity index (χ1v) is 8.24. The Morgan fingerprint density at radius 3 is 2.62 bits per heavy atom. The van der Waals surface area contributed by atoms with Gasteiger partial charge in [0.2, 0.25) is 0 Å². The maximum Gasteiger partial charge on any atom is 0.165 e. The molecule has 1 aliphatic carbocycles. The first-order chi connectivity index (χ1) is 11.0. The van der Waals surface area contributed by atoms with E-state index in [4.69, 9.17) is 10.2 Å². The number of aromatic nitrogens is 2. The maximum absolute atomic E-state index is 14.1. The first-order valence-electron chi connectivity index (χ1n) is 8.24. The normalized spacial score (nSPS) is 23.9. The maximum atomic E-state index is 14.1.